The number of carbonyl (C=O) groups is 1. The highest BCUT2D eigenvalue weighted by Gasteiger charge is 2.35. The number of fused-ring (bicyclic) bond motifs is 2. The Labute approximate surface area is 165 Å². The molecule has 0 saturated carbocycles. The van der Waals surface area contributed by atoms with Crippen LogP contribution >= 0.6 is 24.8 Å². The first-order chi connectivity index (χ1) is 11.3. The van der Waals surface area contributed by atoms with Gasteiger partial charge >= 0.3 is 0 Å². The zero-order valence-corrected chi connectivity index (χ0v) is 17.0. The van der Waals surface area contributed by atoms with Crippen LogP contribution in [0, 0.1) is 5.92 Å². The number of amides is 1. The molecule has 4 nitrogen and oxygen atoms in total. The van der Waals surface area contributed by atoms with Gasteiger partial charge in [-0.05, 0) is 70.4 Å². The Hall–Kier alpha value is -0.0300. The van der Waals surface area contributed by atoms with Crippen LogP contribution in [0.3, 0.4) is 0 Å². The summed E-state index contributed by atoms with van der Waals surface area (Å²) >= 11 is 0. The number of hydrogen-bond acceptors (Lipinski definition) is 3. The average Bonchev–Trinajstić information content (AvgIpc) is 2.94. The van der Waals surface area contributed by atoms with Gasteiger partial charge in [0.2, 0.25) is 5.91 Å². The Morgan fingerprint density at radius 2 is 1.44 bits per heavy atom. The lowest BCUT2D eigenvalue weighted by molar-refractivity contribution is -0.134. The van der Waals surface area contributed by atoms with Gasteiger partial charge in [0.05, 0.1) is 0 Å². The number of carbonyl (C=O) groups excluding carboxylic acids is 1. The lowest BCUT2D eigenvalue weighted by atomic mass is 9.89. The molecule has 1 amide bonds. The number of nitrogens with zero attached hydrogens (tertiary/aromatic N) is 2. The van der Waals surface area contributed by atoms with E-state index in [0.717, 1.165) is 25.6 Å². The molecule has 146 valence electrons. The van der Waals surface area contributed by atoms with E-state index in [2.05, 4.69) is 15.1 Å². The largest absolute Gasteiger partial charge is 0.343 e. The molecule has 0 aromatic rings. The van der Waals surface area contributed by atoms with Gasteiger partial charge in [-0.15, -0.1) is 24.8 Å². The highest BCUT2D eigenvalue weighted by atomic mass is 35.5. The van der Waals surface area contributed by atoms with Gasteiger partial charge in [-0.3, -0.25) is 4.79 Å². The van der Waals surface area contributed by atoms with Crippen LogP contribution in [0.25, 0.3) is 0 Å². The van der Waals surface area contributed by atoms with Crippen molar-refractivity contribution in [2.24, 2.45) is 5.92 Å². The molecule has 2 bridgehead atoms. The highest BCUT2D eigenvalue weighted by molar-refractivity contribution is 5.85. The molecular formula is C19H35Cl2N3O. The second kappa shape index (κ2) is 9.77. The van der Waals surface area contributed by atoms with Crippen LogP contribution in [0.4, 0.5) is 0 Å². The Bertz CT molecular complexity index is 411. The molecule has 25 heavy (non-hydrogen) atoms. The molecule has 4 fully saturated rings. The fourth-order valence-electron chi connectivity index (χ4n) is 5.48. The number of hydrogen-bond donors (Lipinski definition) is 1. The summed E-state index contributed by atoms with van der Waals surface area (Å²) in [6.45, 7) is 4.57. The summed E-state index contributed by atoms with van der Waals surface area (Å²) in [6, 6.07) is 2.15. The van der Waals surface area contributed by atoms with Gasteiger partial charge in [0.25, 0.3) is 0 Å². The number of halogens is 2. The van der Waals surface area contributed by atoms with Crippen LogP contribution in [0.15, 0.2) is 0 Å². The van der Waals surface area contributed by atoms with Crippen molar-refractivity contribution in [3.63, 3.8) is 0 Å². The van der Waals surface area contributed by atoms with E-state index in [1.54, 1.807) is 0 Å². The molecule has 4 aliphatic rings. The minimum atomic E-state index is 0. The van der Waals surface area contributed by atoms with E-state index >= 15 is 0 Å². The van der Waals surface area contributed by atoms with Crippen molar-refractivity contribution in [2.75, 3.05) is 26.2 Å². The molecule has 0 spiro atoms. The Morgan fingerprint density at radius 1 is 0.840 bits per heavy atom. The molecule has 1 N–H and O–H groups in total. The molecule has 6 heteroatoms. The summed E-state index contributed by atoms with van der Waals surface area (Å²) in [5.41, 5.74) is 0. The summed E-state index contributed by atoms with van der Waals surface area (Å²) in [5.74, 6) is 1.08. The monoisotopic (exact) mass is 391 g/mol. The second-order valence-corrected chi connectivity index (χ2v) is 8.39. The van der Waals surface area contributed by atoms with Gasteiger partial charge in [0.15, 0.2) is 0 Å². The van der Waals surface area contributed by atoms with E-state index in [9.17, 15) is 4.79 Å². The van der Waals surface area contributed by atoms with Crippen molar-refractivity contribution in [3.05, 3.63) is 0 Å². The summed E-state index contributed by atoms with van der Waals surface area (Å²) in [5, 5.41) is 3.68. The molecule has 0 aromatic heterocycles. The number of piperidine rings is 3. The second-order valence-electron chi connectivity index (χ2n) is 8.39. The van der Waals surface area contributed by atoms with Crippen LogP contribution in [0.1, 0.15) is 64.2 Å². The normalized spacial score (nSPS) is 33.4. The van der Waals surface area contributed by atoms with Crippen molar-refractivity contribution >= 4 is 30.7 Å². The minimum Gasteiger partial charge on any atom is -0.343 e. The number of rotatable bonds is 3. The average molecular weight is 392 g/mol. The number of likely N-dealkylation sites (tertiary alicyclic amines) is 2. The summed E-state index contributed by atoms with van der Waals surface area (Å²) < 4.78 is 0. The fraction of sp³-hybridized carbons (Fsp3) is 0.947. The predicted molar refractivity (Wildman–Crippen MR) is 107 cm³/mol. The molecule has 0 aromatic carbocycles. The molecule has 4 rings (SSSR count). The summed E-state index contributed by atoms with van der Waals surface area (Å²) in [7, 11) is 0. The van der Waals surface area contributed by atoms with Gasteiger partial charge in [-0.25, -0.2) is 0 Å². The third-order valence-electron chi connectivity index (χ3n) is 6.76. The molecule has 2 unspecified atom stereocenters. The van der Waals surface area contributed by atoms with Gasteiger partial charge in [-0.1, -0.05) is 6.42 Å². The predicted octanol–water partition coefficient (Wildman–Crippen LogP) is 3.23. The summed E-state index contributed by atoms with van der Waals surface area (Å²) in [4.78, 5) is 17.5. The smallest absolute Gasteiger partial charge is 0.222 e. The van der Waals surface area contributed by atoms with Gasteiger partial charge < -0.3 is 15.1 Å². The van der Waals surface area contributed by atoms with Crippen molar-refractivity contribution in [3.8, 4) is 0 Å². The maximum absolute atomic E-state index is 12.7. The van der Waals surface area contributed by atoms with Crippen LogP contribution in [-0.2, 0) is 4.79 Å². The lowest BCUT2D eigenvalue weighted by Gasteiger charge is -2.40. The molecule has 0 radical (unpaired) electrons. The van der Waals surface area contributed by atoms with Crippen LogP contribution < -0.4 is 5.32 Å². The zero-order valence-electron chi connectivity index (χ0n) is 15.3. The van der Waals surface area contributed by atoms with Crippen molar-refractivity contribution in [2.45, 2.75) is 82.3 Å². The maximum atomic E-state index is 12.7. The minimum absolute atomic E-state index is 0. The third kappa shape index (κ3) is 5.24. The van der Waals surface area contributed by atoms with E-state index in [0.29, 0.717) is 23.9 Å². The van der Waals surface area contributed by atoms with E-state index in [-0.39, 0.29) is 24.8 Å². The molecule has 4 heterocycles. The van der Waals surface area contributed by atoms with Crippen molar-refractivity contribution < 1.29 is 4.79 Å². The van der Waals surface area contributed by atoms with Crippen molar-refractivity contribution in [1.29, 1.82) is 0 Å². The number of nitrogens with one attached hydrogen (secondary N) is 1. The standard InChI is InChI=1S/C19H33N3O.2ClH/c23-19(14-15-12-16-4-5-17(13-15)20-16)22-10-6-18(7-11-22)21-8-2-1-3-9-21;;/h15-18,20H,1-14H2;2*1H. The van der Waals surface area contributed by atoms with E-state index in [1.807, 2.05) is 0 Å². The van der Waals surface area contributed by atoms with Gasteiger partial charge in [0, 0.05) is 37.6 Å². The quantitative estimate of drug-likeness (QED) is 0.801. The topological polar surface area (TPSA) is 35.6 Å². The third-order valence-corrected chi connectivity index (χ3v) is 6.76. The molecular weight excluding hydrogens is 357 g/mol. The van der Waals surface area contributed by atoms with Gasteiger partial charge in [-0.2, -0.15) is 0 Å². The van der Waals surface area contributed by atoms with Crippen LogP contribution in [-0.4, -0.2) is 60.0 Å². The van der Waals surface area contributed by atoms with Gasteiger partial charge in [0.1, 0.15) is 0 Å². The lowest BCUT2D eigenvalue weighted by Crippen LogP contribution is -2.48. The Balaban J connectivity index is 0.00000113. The van der Waals surface area contributed by atoms with Crippen LogP contribution in [0.5, 0.6) is 0 Å². The SMILES string of the molecule is Cl.Cl.O=C(CC1CC2CCC(C1)N2)N1CCC(N2CCCCC2)CC1. The first-order valence-corrected chi connectivity index (χ1v) is 10.1. The first kappa shape index (κ1) is 21.3. The Morgan fingerprint density at radius 3 is 2.04 bits per heavy atom. The maximum Gasteiger partial charge on any atom is 0.222 e. The first-order valence-electron chi connectivity index (χ1n) is 10.1. The molecule has 2 atom stereocenters. The molecule has 4 saturated heterocycles. The van der Waals surface area contributed by atoms with E-state index in [4.69, 9.17) is 0 Å². The highest BCUT2D eigenvalue weighted by Crippen LogP contribution is 2.33. The zero-order chi connectivity index (χ0) is 15.6. The molecule has 0 aliphatic carbocycles. The van der Waals surface area contributed by atoms with Crippen molar-refractivity contribution in [1.82, 2.24) is 15.1 Å². The van der Waals surface area contributed by atoms with E-state index < -0.39 is 0 Å². The summed E-state index contributed by atoms with van der Waals surface area (Å²) in [6.07, 6.45) is 12.5. The molecule has 4 aliphatic heterocycles. The fourth-order valence-corrected chi connectivity index (χ4v) is 5.48. The Kier molecular flexibility index (Phi) is 8.32. The van der Waals surface area contributed by atoms with Crippen LogP contribution in [0.2, 0.25) is 0 Å². The van der Waals surface area contributed by atoms with E-state index in [1.165, 1.54) is 70.9 Å².